The fraction of sp³-hybridized carbons (Fsp3) is 0.0714. The minimum Gasteiger partial charge on any atom is -0.488 e. The molecule has 0 radical (unpaired) electrons. The van der Waals surface area contributed by atoms with Gasteiger partial charge in [-0.05, 0) is 24.3 Å². The molecule has 2 rings (SSSR count). The van der Waals surface area contributed by atoms with Crippen molar-refractivity contribution in [1.82, 2.24) is 0 Å². The molecule has 6 heteroatoms. The summed E-state index contributed by atoms with van der Waals surface area (Å²) in [6.07, 6.45) is 0. The van der Waals surface area contributed by atoms with Gasteiger partial charge in [0.15, 0.2) is 0 Å². The van der Waals surface area contributed by atoms with Crippen LogP contribution in [0.3, 0.4) is 0 Å². The van der Waals surface area contributed by atoms with E-state index in [1.165, 1.54) is 12.1 Å². The van der Waals surface area contributed by atoms with E-state index < -0.39 is 5.82 Å². The van der Waals surface area contributed by atoms with Gasteiger partial charge in [-0.2, -0.15) is 0 Å². The van der Waals surface area contributed by atoms with Crippen LogP contribution in [0, 0.1) is 5.82 Å². The van der Waals surface area contributed by atoms with Crippen molar-refractivity contribution in [3.8, 4) is 5.75 Å². The van der Waals surface area contributed by atoms with Gasteiger partial charge < -0.3 is 10.5 Å². The summed E-state index contributed by atoms with van der Waals surface area (Å²) >= 11 is 16.9. The number of hydrogen-bond acceptors (Lipinski definition) is 2. The second-order valence-electron chi connectivity index (χ2n) is 3.97. The van der Waals surface area contributed by atoms with Gasteiger partial charge in [0.25, 0.3) is 0 Å². The highest BCUT2D eigenvalue weighted by Crippen LogP contribution is 2.27. The van der Waals surface area contributed by atoms with Gasteiger partial charge in [0.2, 0.25) is 0 Å². The molecule has 2 N–H and O–H groups in total. The van der Waals surface area contributed by atoms with Gasteiger partial charge in [0.05, 0.1) is 5.56 Å². The maximum Gasteiger partial charge on any atom is 0.137 e. The van der Waals surface area contributed by atoms with Crippen molar-refractivity contribution in [2.45, 2.75) is 6.61 Å². The Bertz CT molecular complexity index is 643. The number of ether oxygens (including phenoxy) is 1. The second-order valence-corrected chi connectivity index (χ2v) is 5.22. The number of hydrogen-bond donors (Lipinski definition) is 1. The van der Waals surface area contributed by atoms with Crippen LogP contribution in [-0.2, 0) is 6.61 Å². The minimum atomic E-state index is -0.528. The maximum atomic E-state index is 13.7. The third kappa shape index (κ3) is 3.20. The van der Waals surface area contributed by atoms with Gasteiger partial charge in [-0.1, -0.05) is 47.6 Å². The number of rotatable bonds is 4. The van der Waals surface area contributed by atoms with Crippen molar-refractivity contribution in [2.75, 3.05) is 0 Å². The molecule has 0 saturated heterocycles. The molecular formula is C14H10Cl2FNOS. The molecule has 0 atom stereocenters. The maximum absolute atomic E-state index is 13.7. The van der Waals surface area contributed by atoms with Crippen molar-refractivity contribution in [3.63, 3.8) is 0 Å². The largest absolute Gasteiger partial charge is 0.488 e. The van der Waals surface area contributed by atoms with Gasteiger partial charge in [-0.15, -0.1) is 0 Å². The number of benzene rings is 2. The first-order chi connectivity index (χ1) is 9.50. The van der Waals surface area contributed by atoms with Crippen LogP contribution in [0.25, 0.3) is 0 Å². The van der Waals surface area contributed by atoms with Crippen LogP contribution in [0.4, 0.5) is 4.39 Å². The Balaban J connectivity index is 2.28. The first-order valence-corrected chi connectivity index (χ1v) is 6.81. The lowest BCUT2D eigenvalue weighted by Crippen LogP contribution is -2.14. The highest BCUT2D eigenvalue weighted by atomic mass is 35.5. The Hall–Kier alpha value is -1.36. The van der Waals surface area contributed by atoms with Crippen LogP contribution >= 0.6 is 35.4 Å². The van der Waals surface area contributed by atoms with E-state index in [0.717, 1.165) is 0 Å². The average Bonchev–Trinajstić information content (AvgIpc) is 2.37. The van der Waals surface area contributed by atoms with Gasteiger partial charge in [0, 0.05) is 15.6 Å². The number of halogens is 3. The Morgan fingerprint density at radius 1 is 1.15 bits per heavy atom. The molecule has 0 aliphatic rings. The predicted molar refractivity (Wildman–Crippen MR) is 83.1 cm³/mol. The topological polar surface area (TPSA) is 35.2 Å². The lowest BCUT2D eigenvalue weighted by Gasteiger charge is -2.13. The van der Waals surface area contributed by atoms with Crippen LogP contribution in [0.2, 0.25) is 10.0 Å². The molecule has 2 aromatic carbocycles. The molecule has 0 heterocycles. The number of thiocarbonyl (C=S) groups is 1. The van der Waals surface area contributed by atoms with Crippen LogP contribution in [0.1, 0.15) is 11.1 Å². The standard InChI is InChI=1S/C14H10Cl2FNOS/c15-9-3-1-4-10(16)8(9)7-19-12-6-2-5-11(17)13(12)14(18)20/h1-6H,7H2,(H2,18,20). The van der Waals surface area contributed by atoms with E-state index in [-0.39, 0.29) is 22.9 Å². The normalized spacial score (nSPS) is 10.3. The molecule has 2 nitrogen and oxygen atoms in total. The lowest BCUT2D eigenvalue weighted by atomic mass is 10.2. The van der Waals surface area contributed by atoms with Crippen LogP contribution in [0.5, 0.6) is 5.75 Å². The molecule has 0 bridgehead atoms. The quantitative estimate of drug-likeness (QED) is 0.847. The smallest absolute Gasteiger partial charge is 0.137 e. The minimum absolute atomic E-state index is 0.0663. The van der Waals surface area contributed by atoms with E-state index >= 15 is 0 Å². The van der Waals surface area contributed by atoms with Crippen molar-refractivity contribution in [3.05, 3.63) is 63.4 Å². The monoisotopic (exact) mass is 329 g/mol. The molecular weight excluding hydrogens is 320 g/mol. The highest BCUT2D eigenvalue weighted by Gasteiger charge is 2.13. The summed E-state index contributed by atoms with van der Waals surface area (Å²) in [5.74, 6) is -0.270. The van der Waals surface area contributed by atoms with Crippen LogP contribution < -0.4 is 10.5 Å². The molecule has 20 heavy (non-hydrogen) atoms. The summed E-state index contributed by atoms with van der Waals surface area (Å²) in [7, 11) is 0. The Kier molecular flexibility index (Phi) is 4.81. The fourth-order valence-corrected chi connectivity index (χ4v) is 2.39. The summed E-state index contributed by atoms with van der Waals surface area (Å²) < 4.78 is 19.2. The Morgan fingerprint density at radius 2 is 1.75 bits per heavy atom. The molecule has 0 spiro atoms. The van der Waals surface area contributed by atoms with E-state index in [1.54, 1.807) is 24.3 Å². The van der Waals surface area contributed by atoms with E-state index in [4.69, 9.17) is 45.9 Å². The van der Waals surface area contributed by atoms with Crippen LogP contribution in [0.15, 0.2) is 36.4 Å². The summed E-state index contributed by atoms with van der Waals surface area (Å²) in [4.78, 5) is -0.0663. The van der Waals surface area contributed by atoms with E-state index in [0.29, 0.717) is 15.6 Å². The molecule has 104 valence electrons. The van der Waals surface area contributed by atoms with E-state index in [1.807, 2.05) is 0 Å². The van der Waals surface area contributed by atoms with E-state index in [9.17, 15) is 4.39 Å². The molecule has 0 aromatic heterocycles. The van der Waals surface area contributed by atoms with Gasteiger partial charge in [-0.3, -0.25) is 0 Å². The average molecular weight is 330 g/mol. The number of nitrogens with two attached hydrogens (primary N) is 1. The molecule has 2 aromatic rings. The lowest BCUT2D eigenvalue weighted by molar-refractivity contribution is 0.304. The molecule has 0 unspecified atom stereocenters. The van der Waals surface area contributed by atoms with Gasteiger partial charge in [0.1, 0.15) is 23.2 Å². The molecule has 0 aliphatic carbocycles. The first kappa shape index (κ1) is 15.0. The second kappa shape index (κ2) is 6.39. The predicted octanol–water partition coefficient (Wildman–Crippen LogP) is 4.35. The summed E-state index contributed by atoms with van der Waals surface area (Å²) in [5.41, 5.74) is 6.20. The van der Waals surface area contributed by atoms with Gasteiger partial charge in [-0.25, -0.2) is 4.39 Å². The van der Waals surface area contributed by atoms with Crippen molar-refractivity contribution < 1.29 is 9.13 Å². The van der Waals surface area contributed by atoms with E-state index in [2.05, 4.69) is 0 Å². The molecule has 0 saturated carbocycles. The van der Waals surface area contributed by atoms with Gasteiger partial charge >= 0.3 is 0 Å². The van der Waals surface area contributed by atoms with Crippen LogP contribution in [-0.4, -0.2) is 4.99 Å². The Labute approximate surface area is 131 Å². The molecule has 0 fully saturated rings. The first-order valence-electron chi connectivity index (χ1n) is 5.64. The fourth-order valence-electron chi connectivity index (χ4n) is 1.68. The van der Waals surface area contributed by atoms with Crippen molar-refractivity contribution in [2.24, 2.45) is 5.73 Å². The summed E-state index contributed by atoms with van der Waals surface area (Å²) in [5, 5.41) is 0.955. The SMILES string of the molecule is NC(=S)c1c(F)cccc1OCc1c(Cl)cccc1Cl. The van der Waals surface area contributed by atoms with Crippen molar-refractivity contribution in [1.29, 1.82) is 0 Å². The highest BCUT2D eigenvalue weighted by molar-refractivity contribution is 7.80. The molecule has 0 aliphatic heterocycles. The third-order valence-corrected chi connectivity index (χ3v) is 3.57. The zero-order valence-corrected chi connectivity index (χ0v) is 12.5. The third-order valence-electron chi connectivity index (χ3n) is 2.66. The zero-order valence-electron chi connectivity index (χ0n) is 10.2. The Morgan fingerprint density at radius 3 is 2.35 bits per heavy atom. The molecule has 0 amide bonds. The summed E-state index contributed by atoms with van der Waals surface area (Å²) in [6.45, 7) is 0.0948. The zero-order chi connectivity index (χ0) is 14.7. The summed E-state index contributed by atoms with van der Waals surface area (Å²) in [6, 6.07) is 9.50. The van der Waals surface area contributed by atoms with Crippen molar-refractivity contribution >= 4 is 40.4 Å².